The van der Waals surface area contributed by atoms with E-state index in [0.29, 0.717) is 23.2 Å². The molecule has 0 aliphatic carbocycles. The van der Waals surface area contributed by atoms with Crippen molar-refractivity contribution in [3.05, 3.63) is 72.0 Å². The van der Waals surface area contributed by atoms with E-state index in [0.717, 1.165) is 16.5 Å². The van der Waals surface area contributed by atoms with Gasteiger partial charge in [0.05, 0.1) is 0 Å². The number of aromatic amines is 1. The molecule has 4 aromatic rings. The van der Waals surface area contributed by atoms with Crippen molar-refractivity contribution in [2.45, 2.75) is 52.4 Å². The quantitative estimate of drug-likeness (QED) is 0.330. The monoisotopic (exact) mass is 491 g/mol. The molecule has 36 heavy (non-hydrogen) atoms. The topological polar surface area (TPSA) is 131 Å². The lowest BCUT2D eigenvalue weighted by Gasteiger charge is -2.23. The molecule has 0 spiro atoms. The maximum Gasteiger partial charge on any atom is 0.408 e. The standard InChI is InChI=1S/C26H29N5O5/c1-16-28-23(36-31-16)15-34-19-11-9-18(10-12-19)29-24(32)22(30-25(33)35-26(2,3)4)13-17-14-27-21-8-6-5-7-20(17)21/h5-12,14,22,27H,13,15H2,1-4H3,(H,29,32)(H,30,33)/t22-/m0/s1. The van der Waals surface area contributed by atoms with Crippen molar-refractivity contribution in [3.8, 4) is 5.75 Å². The van der Waals surface area contributed by atoms with Crippen LogP contribution in [0.1, 0.15) is 38.0 Å². The molecule has 10 nitrogen and oxygen atoms in total. The van der Waals surface area contributed by atoms with Gasteiger partial charge in [-0.25, -0.2) is 4.79 Å². The van der Waals surface area contributed by atoms with Gasteiger partial charge in [0.1, 0.15) is 17.4 Å². The molecule has 3 N–H and O–H groups in total. The summed E-state index contributed by atoms with van der Waals surface area (Å²) in [5, 5.41) is 10.3. The highest BCUT2D eigenvalue weighted by molar-refractivity contribution is 5.97. The maximum absolute atomic E-state index is 13.2. The number of nitrogens with zero attached hydrogens (tertiary/aromatic N) is 2. The minimum atomic E-state index is -0.865. The van der Waals surface area contributed by atoms with Gasteiger partial charge >= 0.3 is 6.09 Å². The molecule has 2 amide bonds. The number of anilines is 1. The van der Waals surface area contributed by atoms with Crippen molar-refractivity contribution in [1.82, 2.24) is 20.4 Å². The first-order chi connectivity index (χ1) is 17.2. The van der Waals surface area contributed by atoms with Gasteiger partial charge < -0.3 is 29.6 Å². The molecule has 2 heterocycles. The number of hydrogen-bond acceptors (Lipinski definition) is 7. The van der Waals surface area contributed by atoms with Crippen LogP contribution in [0, 0.1) is 6.92 Å². The smallest absolute Gasteiger partial charge is 0.408 e. The predicted octanol–water partition coefficient (Wildman–Crippen LogP) is 4.51. The number of amides is 2. The number of hydrogen-bond donors (Lipinski definition) is 3. The maximum atomic E-state index is 13.2. The summed E-state index contributed by atoms with van der Waals surface area (Å²) >= 11 is 0. The molecule has 0 aliphatic rings. The number of carbonyl (C=O) groups is 2. The lowest BCUT2D eigenvalue weighted by Crippen LogP contribution is -2.47. The minimum Gasteiger partial charge on any atom is -0.484 e. The van der Waals surface area contributed by atoms with Crippen LogP contribution < -0.4 is 15.4 Å². The molecule has 2 aromatic heterocycles. The van der Waals surface area contributed by atoms with Crippen LogP contribution in [0.25, 0.3) is 10.9 Å². The highest BCUT2D eigenvalue weighted by Crippen LogP contribution is 2.21. The first-order valence-corrected chi connectivity index (χ1v) is 11.5. The van der Waals surface area contributed by atoms with Crippen molar-refractivity contribution in [3.63, 3.8) is 0 Å². The highest BCUT2D eigenvalue weighted by Gasteiger charge is 2.26. The second kappa shape index (κ2) is 10.5. The summed E-state index contributed by atoms with van der Waals surface area (Å²) in [7, 11) is 0. The van der Waals surface area contributed by atoms with Crippen LogP contribution in [-0.2, 0) is 22.6 Å². The van der Waals surface area contributed by atoms with Crippen LogP contribution in [-0.4, -0.2) is 38.8 Å². The number of para-hydroxylation sites is 1. The van der Waals surface area contributed by atoms with Crippen molar-refractivity contribution >= 4 is 28.6 Å². The van der Waals surface area contributed by atoms with E-state index >= 15 is 0 Å². The predicted molar refractivity (Wildman–Crippen MR) is 134 cm³/mol. The third kappa shape index (κ3) is 6.62. The summed E-state index contributed by atoms with van der Waals surface area (Å²) in [5.74, 6) is 1.11. The van der Waals surface area contributed by atoms with Gasteiger partial charge in [-0.05, 0) is 63.6 Å². The number of alkyl carbamates (subject to hydrolysis) is 1. The van der Waals surface area contributed by atoms with Crippen molar-refractivity contribution < 1.29 is 23.6 Å². The molecule has 0 radical (unpaired) electrons. The van der Waals surface area contributed by atoms with E-state index in [1.807, 2.05) is 30.5 Å². The van der Waals surface area contributed by atoms with E-state index in [1.165, 1.54) is 0 Å². The Morgan fingerprint density at radius 1 is 1.11 bits per heavy atom. The van der Waals surface area contributed by atoms with E-state index in [1.54, 1.807) is 52.0 Å². The van der Waals surface area contributed by atoms with Crippen molar-refractivity contribution in [2.24, 2.45) is 0 Å². The van der Waals surface area contributed by atoms with Gasteiger partial charge in [0.15, 0.2) is 12.4 Å². The summed E-state index contributed by atoms with van der Waals surface area (Å²) in [5.41, 5.74) is 1.72. The zero-order chi connectivity index (χ0) is 25.7. The summed E-state index contributed by atoms with van der Waals surface area (Å²) < 4.78 is 16.1. The number of nitrogens with one attached hydrogen (secondary N) is 3. The molecule has 0 aliphatic heterocycles. The molecule has 0 unspecified atom stereocenters. The molecule has 10 heteroatoms. The largest absolute Gasteiger partial charge is 0.484 e. The third-order valence-corrected chi connectivity index (χ3v) is 5.16. The fourth-order valence-corrected chi connectivity index (χ4v) is 3.59. The average Bonchev–Trinajstić information content (AvgIpc) is 3.43. The van der Waals surface area contributed by atoms with Gasteiger partial charge in [0, 0.05) is 29.2 Å². The molecule has 4 rings (SSSR count). The molecule has 0 saturated carbocycles. The Hall–Kier alpha value is -4.34. The van der Waals surface area contributed by atoms with Gasteiger partial charge in [0.2, 0.25) is 5.91 Å². The Labute approximate surface area is 208 Å². The summed E-state index contributed by atoms with van der Waals surface area (Å²) in [4.78, 5) is 33.0. The third-order valence-electron chi connectivity index (χ3n) is 5.16. The second-order valence-electron chi connectivity index (χ2n) is 9.30. The van der Waals surface area contributed by atoms with E-state index in [9.17, 15) is 9.59 Å². The van der Waals surface area contributed by atoms with Crippen molar-refractivity contribution in [2.75, 3.05) is 5.32 Å². The average molecular weight is 492 g/mol. The number of benzene rings is 2. The zero-order valence-electron chi connectivity index (χ0n) is 20.6. The number of aromatic nitrogens is 3. The van der Waals surface area contributed by atoms with Crippen LogP contribution in [0.5, 0.6) is 5.75 Å². The Morgan fingerprint density at radius 3 is 2.56 bits per heavy atom. The lowest BCUT2D eigenvalue weighted by molar-refractivity contribution is -0.118. The Morgan fingerprint density at radius 2 is 1.86 bits per heavy atom. The van der Waals surface area contributed by atoms with Gasteiger partial charge in [-0.15, -0.1) is 0 Å². The fourth-order valence-electron chi connectivity index (χ4n) is 3.59. The van der Waals surface area contributed by atoms with Crippen LogP contribution in [0.3, 0.4) is 0 Å². The molecule has 1 atom stereocenters. The first kappa shape index (κ1) is 24.8. The summed E-state index contributed by atoms with van der Waals surface area (Å²) in [6, 6.07) is 13.8. The number of rotatable bonds is 8. The Bertz CT molecular complexity index is 1340. The first-order valence-electron chi connectivity index (χ1n) is 11.5. The lowest BCUT2D eigenvalue weighted by atomic mass is 10.0. The molecule has 0 fully saturated rings. The summed E-state index contributed by atoms with van der Waals surface area (Å²) in [6.45, 7) is 7.17. The fraction of sp³-hybridized carbons (Fsp3) is 0.308. The van der Waals surface area contributed by atoms with E-state index < -0.39 is 17.7 Å². The van der Waals surface area contributed by atoms with Gasteiger partial charge in [-0.1, -0.05) is 23.4 Å². The normalized spacial score (nSPS) is 12.2. The Kier molecular flexibility index (Phi) is 7.23. The van der Waals surface area contributed by atoms with Crippen LogP contribution in [0.2, 0.25) is 0 Å². The number of carbonyl (C=O) groups excluding carboxylic acids is 2. The van der Waals surface area contributed by atoms with E-state index in [4.69, 9.17) is 14.0 Å². The van der Waals surface area contributed by atoms with Gasteiger partial charge in [-0.3, -0.25) is 4.79 Å². The van der Waals surface area contributed by atoms with Gasteiger partial charge in [-0.2, -0.15) is 4.98 Å². The molecular weight excluding hydrogens is 462 g/mol. The molecule has 188 valence electrons. The molecule has 0 bridgehead atoms. The SMILES string of the molecule is Cc1noc(COc2ccc(NC(=O)[C@H](Cc3c[nH]c4ccccc34)NC(=O)OC(C)(C)C)cc2)n1. The second-order valence-corrected chi connectivity index (χ2v) is 9.30. The molecule has 0 saturated heterocycles. The molecular formula is C26H29N5O5. The molecule has 2 aromatic carbocycles. The van der Waals surface area contributed by atoms with Crippen LogP contribution in [0.4, 0.5) is 10.5 Å². The number of ether oxygens (including phenoxy) is 2. The number of fused-ring (bicyclic) bond motifs is 1. The Balaban J connectivity index is 1.44. The summed E-state index contributed by atoms with van der Waals surface area (Å²) in [6.07, 6.45) is 1.46. The van der Waals surface area contributed by atoms with Crippen LogP contribution in [0.15, 0.2) is 59.3 Å². The van der Waals surface area contributed by atoms with Gasteiger partial charge in [0.25, 0.3) is 5.89 Å². The zero-order valence-corrected chi connectivity index (χ0v) is 20.6. The minimum absolute atomic E-state index is 0.138. The highest BCUT2D eigenvalue weighted by atomic mass is 16.6. The van der Waals surface area contributed by atoms with Crippen molar-refractivity contribution in [1.29, 1.82) is 0 Å². The van der Waals surface area contributed by atoms with E-state index in [2.05, 4.69) is 25.8 Å². The van der Waals surface area contributed by atoms with Crippen LogP contribution >= 0.6 is 0 Å². The number of aryl methyl sites for hydroxylation is 1. The number of H-pyrrole nitrogens is 1. The van der Waals surface area contributed by atoms with E-state index in [-0.39, 0.29) is 18.9 Å².